The molecule has 0 aliphatic rings. The third kappa shape index (κ3) is 2.72. The normalized spacial score (nSPS) is 10.5. The molecule has 2 nitrogen and oxygen atoms in total. The fourth-order valence-corrected chi connectivity index (χ4v) is 1.99. The quantitative estimate of drug-likeness (QED) is 0.632. The molecular weight excluding hydrogens is 324 g/mol. The number of hydrogen-bond acceptors (Lipinski definition) is 2. The molecule has 0 saturated carbocycles. The number of aryl methyl sites for hydroxylation is 1. The summed E-state index contributed by atoms with van der Waals surface area (Å²) < 4.78 is 6.75. The minimum absolute atomic E-state index is 0.534. The summed E-state index contributed by atoms with van der Waals surface area (Å²) in [6, 6.07) is 8.11. The van der Waals surface area contributed by atoms with Gasteiger partial charge in [-0.1, -0.05) is 12.1 Å². The molecule has 0 atom stereocenters. The zero-order chi connectivity index (χ0) is 10.7. The topological polar surface area (TPSA) is 26.0 Å². The van der Waals surface area contributed by atoms with Gasteiger partial charge in [-0.25, -0.2) is 4.98 Å². The lowest BCUT2D eigenvalue weighted by Gasteiger charge is -1.96. The van der Waals surface area contributed by atoms with Gasteiger partial charge in [0.1, 0.15) is 0 Å². The second-order valence-corrected chi connectivity index (χ2v) is 4.69. The molecule has 1 aromatic heterocycles. The molecule has 2 rings (SSSR count). The molecule has 0 aliphatic heterocycles. The van der Waals surface area contributed by atoms with E-state index >= 15 is 0 Å². The molecular formula is C11H9ClINO. The molecule has 78 valence electrons. The van der Waals surface area contributed by atoms with Crippen LogP contribution in [0.15, 0.2) is 34.9 Å². The fraction of sp³-hybridized carbons (Fsp3) is 0.182. The van der Waals surface area contributed by atoms with Crippen LogP contribution in [0, 0.1) is 3.57 Å². The van der Waals surface area contributed by atoms with Gasteiger partial charge in [0.05, 0.1) is 6.20 Å². The standard InChI is InChI=1S/C11H9ClINO/c12-5-4-11-14-7-10(15-11)8-2-1-3-9(13)6-8/h1-3,6-7H,4-5H2. The summed E-state index contributed by atoms with van der Waals surface area (Å²) in [6.07, 6.45) is 2.42. The minimum Gasteiger partial charge on any atom is -0.441 e. The Morgan fingerprint density at radius 1 is 1.40 bits per heavy atom. The van der Waals surface area contributed by atoms with Crippen LogP contribution < -0.4 is 0 Å². The highest BCUT2D eigenvalue weighted by Crippen LogP contribution is 2.22. The highest BCUT2D eigenvalue weighted by atomic mass is 127. The second kappa shape index (κ2) is 4.99. The molecule has 0 amide bonds. The van der Waals surface area contributed by atoms with E-state index in [1.807, 2.05) is 18.2 Å². The summed E-state index contributed by atoms with van der Waals surface area (Å²) >= 11 is 7.89. The Morgan fingerprint density at radius 2 is 2.27 bits per heavy atom. The van der Waals surface area contributed by atoms with Gasteiger partial charge in [0.15, 0.2) is 11.7 Å². The highest BCUT2D eigenvalue weighted by Gasteiger charge is 2.05. The fourth-order valence-electron chi connectivity index (χ4n) is 1.28. The summed E-state index contributed by atoms with van der Waals surface area (Å²) in [5.74, 6) is 2.03. The van der Waals surface area contributed by atoms with Crippen molar-refractivity contribution in [2.24, 2.45) is 0 Å². The van der Waals surface area contributed by atoms with Crippen molar-refractivity contribution in [1.29, 1.82) is 0 Å². The van der Waals surface area contributed by atoms with E-state index < -0.39 is 0 Å². The highest BCUT2D eigenvalue weighted by molar-refractivity contribution is 14.1. The van der Waals surface area contributed by atoms with Crippen LogP contribution in [-0.4, -0.2) is 10.9 Å². The molecule has 0 bridgehead atoms. The molecule has 0 aliphatic carbocycles. The molecule has 0 N–H and O–H groups in total. The largest absolute Gasteiger partial charge is 0.441 e. The van der Waals surface area contributed by atoms with Gasteiger partial charge in [-0.2, -0.15) is 0 Å². The van der Waals surface area contributed by atoms with Gasteiger partial charge >= 0.3 is 0 Å². The van der Waals surface area contributed by atoms with Crippen LogP contribution in [0.3, 0.4) is 0 Å². The maximum atomic E-state index is 5.62. The minimum atomic E-state index is 0.534. The summed E-state index contributed by atoms with van der Waals surface area (Å²) in [6.45, 7) is 0. The number of rotatable bonds is 3. The molecule has 0 spiro atoms. The average molecular weight is 334 g/mol. The number of halogens is 2. The smallest absolute Gasteiger partial charge is 0.196 e. The van der Waals surface area contributed by atoms with Crippen LogP contribution in [0.2, 0.25) is 0 Å². The molecule has 0 radical (unpaired) electrons. The molecule has 0 saturated heterocycles. The predicted octanol–water partition coefficient (Wildman–Crippen LogP) is 3.73. The lowest BCUT2D eigenvalue weighted by molar-refractivity contribution is 0.514. The average Bonchev–Trinajstić information content (AvgIpc) is 2.67. The molecule has 2 aromatic rings. The van der Waals surface area contributed by atoms with Crippen LogP contribution in [0.5, 0.6) is 0 Å². The number of benzene rings is 1. The van der Waals surface area contributed by atoms with E-state index in [1.165, 1.54) is 3.57 Å². The van der Waals surface area contributed by atoms with E-state index in [1.54, 1.807) is 6.20 Å². The number of hydrogen-bond donors (Lipinski definition) is 0. The van der Waals surface area contributed by atoms with Gasteiger partial charge in [0.25, 0.3) is 0 Å². The molecule has 1 heterocycles. The van der Waals surface area contributed by atoms with E-state index in [-0.39, 0.29) is 0 Å². The molecule has 1 aromatic carbocycles. The third-order valence-corrected chi connectivity index (χ3v) is 2.83. The van der Waals surface area contributed by atoms with Crippen molar-refractivity contribution >= 4 is 34.2 Å². The summed E-state index contributed by atoms with van der Waals surface area (Å²) in [5, 5.41) is 0. The Kier molecular flexibility index (Phi) is 3.64. The van der Waals surface area contributed by atoms with Gasteiger partial charge in [-0.15, -0.1) is 11.6 Å². The summed E-state index contributed by atoms with van der Waals surface area (Å²) in [7, 11) is 0. The van der Waals surface area contributed by atoms with Crippen LogP contribution in [0.25, 0.3) is 11.3 Å². The van der Waals surface area contributed by atoms with Crippen LogP contribution in [-0.2, 0) is 6.42 Å². The second-order valence-electron chi connectivity index (χ2n) is 3.07. The molecule has 0 fully saturated rings. The summed E-state index contributed by atoms with van der Waals surface area (Å²) in [5.41, 5.74) is 1.05. The van der Waals surface area contributed by atoms with Crippen molar-refractivity contribution in [2.45, 2.75) is 6.42 Å². The molecule has 4 heteroatoms. The monoisotopic (exact) mass is 333 g/mol. The van der Waals surface area contributed by atoms with E-state index in [0.29, 0.717) is 18.2 Å². The van der Waals surface area contributed by atoms with Crippen molar-refractivity contribution < 1.29 is 4.42 Å². The van der Waals surface area contributed by atoms with Gasteiger partial charge < -0.3 is 4.42 Å². The first kappa shape index (κ1) is 11.0. The number of alkyl halides is 1. The van der Waals surface area contributed by atoms with Crippen molar-refractivity contribution in [3.05, 3.63) is 39.9 Å². The zero-order valence-corrected chi connectivity index (χ0v) is 10.8. The van der Waals surface area contributed by atoms with Gasteiger partial charge in [0, 0.05) is 21.4 Å². The van der Waals surface area contributed by atoms with E-state index in [4.69, 9.17) is 16.0 Å². The lowest BCUT2D eigenvalue weighted by atomic mass is 10.2. The first-order valence-electron chi connectivity index (χ1n) is 4.56. The first-order valence-corrected chi connectivity index (χ1v) is 6.17. The van der Waals surface area contributed by atoms with E-state index in [2.05, 4.69) is 33.6 Å². The Labute approximate surface area is 107 Å². The van der Waals surface area contributed by atoms with Crippen LogP contribution in [0.1, 0.15) is 5.89 Å². The Hall–Kier alpha value is -0.550. The van der Waals surface area contributed by atoms with Crippen molar-refractivity contribution in [3.63, 3.8) is 0 Å². The Balaban J connectivity index is 2.29. The third-order valence-electron chi connectivity index (χ3n) is 1.97. The van der Waals surface area contributed by atoms with E-state index in [0.717, 1.165) is 11.3 Å². The number of aromatic nitrogens is 1. The maximum absolute atomic E-state index is 5.62. The molecule has 15 heavy (non-hydrogen) atoms. The number of nitrogens with zero attached hydrogens (tertiary/aromatic N) is 1. The van der Waals surface area contributed by atoms with Gasteiger partial charge in [-0.05, 0) is 34.7 Å². The summed E-state index contributed by atoms with van der Waals surface area (Å²) in [4.78, 5) is 4.16. The maximum Gasteiger partial charge on any atom is 0.196 e. The first-order chi connectivity index (χ1) is 7.29. The van der Waals surface area contributed by atoms with Gasteiger partial charge in [0.2, 0.25) is 0 Å². The van der Waals surface area contributed by atoms with Crippen molar-refractivity contribution in [3.8, 4) is 11.3 Å². The number of oxazole rings is 1. The predicted molar refractivity (Wildman–Crippen MR) is 69.1 cm³/mol. The SMILES string of the molecule is ClCCc1ncc(-c2cccc(I)c2)o1. The van der Waals surface area contributed by atoms with Crippen molar-refractivity contribution in [1.82, 2.24) is 4.98 Å². The molecule has 0 unspecified atom stereocenters. The van der Waals surface area contributed by atoms with Crippen molar-refractivity contribution in [2.75, 3.05) is 5.88 Å². The Bertz CT molecular complexity index is 455. The zero-order valence-electron chi connectivity index (χ0n) is 7.91. The van der Waals surface area contributed by atoms with Gasteiger partial charge in [-0.3, -0.25) is 0 Å². The van der Waals surface area contributed by atoms with Crippen LogP contribution >= 0.6 is 34.2 Å². The van der Waals surface area contributed by atoms with E-state index in [9.17, 15) is 0 Å². The Morgan fingerprint density at radius 3 is 3.00 bits per heavy atom. The lowest BCUT2D eigenvalue weighted by Crippen LogP contribution is -1.83. The van der Waals surface area contributed by atoms with Crippen LogP contribution in [0.4, 0.5) is 0 Å².